The highest BCUT2D eigenvalue weighted by Gasteiger charge is 2.67. The number of hydrogen-bond acceptors (Lipinski definition) is 3. The molecule has 3 fully saturated rings. The third-order valence-corrected chi connectivity index (χ3v) is 12.3. The molecule has 184 valence electrons. The van der Waals surface area contributed by atoms with E-state index >= 15 is 0 Å². The summed E-state index contributed by atoms with van der Waals surface area (Å²) < 4.78 is 0. The van der Waals surface area contributed by atoms with Crippen LogP contribution in [0.25, 0.3) is 0 Å². The van der Waals surface area contributed by atoms with Crippen molar-refractivity contribution in [2.24, 2.45) is 44.3 Å². The van der Waals surface area contributed by atoms with Gasteiger partial charge in [0, 0.05) is 11.8 Å². The average molecular weight is 455 g/mol. The zero-order valence-corrected chi connectivity index (χ0v) is 22.1. The Labute approximate surface area is 201 Å². The molecule has 0 amide bonds. The summed E-state index contributed by atoms with van der Waals surface area (Å²) in [5, 5.41) is 21.4. The fraction of sp³-hybridized carbons (Fsp3) is 0.833. The van der Waals surface area contributed by atoms with E-state index in [1.54, 1.807) is 0 Å². The van der Waals surface area contributed by atoms with Crippen molar-refractivity contribution in [3.05, 3.63) is 23.3 Å². The Balaban J connectivity index is 1.69. The van der Waals surface area contributed by atoms with E-state index in [0.717, 1.165) is 44.9 Å². The topological polar surface area (TPSA) is 57.5 Å². The van der Waals surface area contributed by atoms with Gasteiger partial charge in [-0.3, -0.25) is 4.79 Å². The van der Waals surface area contributed by atoms with Crippen LogP contribution >= 0.6 is 0 Å². The van der Waals surface area contributed by atoms with Crippen molar-refractivity contribution in [2.45, 2.75) is 106 Å². The van der Waals surface area contributed by atoms with Crippen LogP contribution < -0.4 is 0 Å². The predicted molar refractivity (Wildman–Crippen MR) is 132 cm³/mol. The number of carbonyl (C=O) groups is 1. The van der Waals surface area contributed by atoms with Crippen molar-refractivity contribution in [1.29, 1.82) is 0 Å². The summed E-state index contributed by atoms with van der Waals surface area (Å²) >= 11 is 0. The van der Waals surface area contributed by atoms with Crippen LogP contribution in [0.15, 0.2) is 23.3 Å². The Morgan fingerprint density at radius 1 is 0.939 bits per heavy atom. The van der Waals surface area contributed by atoms with E-state index in [-0.39, 0.29) is 45.6 Å². The normalized spacial score (nSPS) is 50.2. The number of hydrogen-bond donors (Lipinski definition) is 2. The van der Waals surface area contributed by atoms with Gasteiger partial charge in [-0.05, 0) is 84.0 Å². The summed E-state index contributed by atoms with van der Waals surface area (Å²) in [6.07, 6.45) is 12.0. The maximum absolute atomic E-state index is 13.9. The zero-order valence-electron chi connectivity index (χ0n) is 22.1. The number of aliphatic hydroxyl groups is 2. The number of aliphatic hydroxyl groups excluding tert-OH is 2. The van der Waals surface area contributed by atoms with Crippen molar-refractivity contribution >= 4 is 5.78 Å². The van der Waals surface area contributed by atoms with Gasteiger partial charge in [0.25, 0.3) is 0 Å². The summed E-state index contributed by atoms with van der Waals surface area (Å²) in [6, 6.07) is 0. The van der Waals surface area contributed by atoms with E-state index in [2.05, 4.69) is 60.6 Å². The second kappa shape index (κ2) is 6.84. The van der Waals surface area contributed by atoms with Crippen LogP contribution in [0.4, 0.5) is 0 Å². The Kier molecular flexibility index (Phi) is 4.93. The Morgan fingerprint density at radius 2 is 1.64 bits per heavy atom. The molecule has 5 aliphatic carbocycles. The average Bonchev–Trinajstić information content (AvgIpc) is 2.71. The van der Waals surface area contributed by atoms with Gasteiger partial charge >= 0.3 is 0 Å². The van der Waals surface area contributed by atoms with E-state index in [9.17, 15) is 15.0 Å². The minimum Gasteiger partial charge on any atom is -0.395 e. The van der Waals surface area contributed by atoms with E-state index in [1.807, 2.05) is 0 Å². The highest BCUT2D eigenvalue weighted by Crippen LogP contribution is 2.73. The van der Waals surface area contributed by atoms with E-state index in [0.29, 0.717) is 18.3 Å². The highest BCUT2D eigenvalue weighted by molar-refractivity contribution is 5.92. The van der Waals surface area contributed by atoms with Gasteiger partial charge in [-0.15, -0.1) is 0 Å². The van der Waals surface area contributed by atoms with Crippen molar-refractivity contribution < 1.29 is 15.0 Å². The molecule has 0 radical (unpaired) electrons. The fourth-order valence-electron chi connectivity index (χ4n) is 9.80. The molecule has 2 N–H and O–H groups in total. The van der Waals surface area contributed by atoms with Crippen LogP contribution in [0, 0.1) is 44.3 Å². The number of ketones is 1. The van der Waals surface area contributed by atoms with Crippen LogP contribution in [0.3, 0.4) is 0 Å². The van der Waals surface area contributed by atoms with Crippen LogP contribution in [-0.4, -0.2) is 28.7 Å². The third-order valence-electron chi connectivity index (χ3n) is 12.3. The van der Waals surface area contributed by atoms with E-state index < -0.39 is 5.41 Å². The molecule has 33 heavy (non-hydrogen) atoms. The first-order valence-electron chi connectivity index (χ1n) is 13.4. The maximum atomic E-state index is 13.9. The number of allylic oxidation sites excluding steroid dienone is 3. The molecule has 3 heteroatoms. The lowest BCUT2D eigenvalue weighted by molar-refractivity contribution is -0.183. The number of fused-ring (bicyclic) bond motifs is 6. The molecule has 5 rings (SSSR count). The molecule has 0 saturated heterocycles. The van der Waals surface area contributed by atoms with Gasteiger partial charge in [0.2, 0.25) is 0 Å². The monoisotopic (exact) mass is 454 g/mol. The van der Waals surface area contributed by atoms with Gasteiger partial charge in [0.05, 0.1) is 18.1 Å². The fourth-order valence-corrected chi connectivity index (χ4v) is 9.80. The molecule has 3 saturated carbocycles. The first-order valence-corrected chi connectivity index (χ1v) is 13.4. The minimum atomic E-state index is -0.657. The molecule has 5 aliphatic rings. The summed E-state index contributed by atoms with van der Waals surface area (Å²) in [6.45, 7) is 16.5. The number of rotatable bonds is 1. The molecule has 0 bridgehead atoms. The van der Waals surface area contributed by atoms with Gasteiger partial charge in [-0.1, -0.05) is 66.2 Å². The molecule has 0 aromatic heterocycles. The lowest BCUT2D eigenvalue weighted by Gasteiger charge is -2.69. The van der Waals surface area contributed by atoms with Gasteiger partial charge < -0.3 is 10.2 Å². The number of carbonyl (C=O) groups excluding carboxylic acids is 1. The second-order valence-corrected chi connectivity index (χ2v) is 14.6. The van der Waals surface area contributed by atoms with Gasteiger partial charge in [0.1, 0.15) is 5.78 Å². The molecular formula is C30H46O3. The third kappa shape index (κ3) is 2.79. The van der Waals surface area contributed by atoms with Gasteiger partial charge in [0.15, 0.2) is 0 Å². The molecular weight excluding hydrogens is 408 g/mol. The van der Waals surface area contributed by atoms with Crippen molar-refractivity contribution in [1.82, 2.24) is 0 Å². The van der Waals surface area contributed by atoms with Crippen molar-refractivity contribution in [2.75, 3.05) is 6.61 Å². The SMILES string of the molecule is CC1(C)CC[C@]2(CO)C(=O)C[C@]3(C)C(=C2C1)C=C[C@@H]1[C@@]2(C)CC[C@H](O)C(C)(C)[C@@H]2CC[C@]13C. The summed E-state index contributed by atoms with van der Waals surface area (Å²) in [5.74, 6) is 1.17. The van der Waals surface area contributed by atoms with E-state index in [4.69, 9.17) is 0 Å². The van der Waals surface area contributed by atoms with Crippen LogP contribution in [0.1, 0.15) is 99.8 Å². The summed E-state index contributed by atoms with van der Waals surface area (Å²) in [4.78, 5) is 13.9. The van der Waals surface area contributed by atoms with Crippen molar-refractivity contribution in [3.63, 3.8) is 0 Å². The zero-order chi connectivity index (χ0) is 24.2. The summed E-state index contributed by atoms with van der Waals surface area (Å²) in [7, 11) is 0. The standard InChI is InChI=1S/C30H46O3/c1-25(2)14-15-30(18-31)20(16-25)19-8-9-22-27(5)12-11-23(32)26(3,4)21(27)10-13-28(22,6)29(19,7)17-24(30)33/h8-9,21-23,31-32H,10-18H2,1-7H3/t21-,22+,23-,27-,28+,29+,30+/m0/s1. The lowest BCUT2D eigenvalue weighted by Crippen LogP contribution is -2.64. The Hall–Kier alpha value is -0.930. The first-order chi connectivity index (χ1) is 15.2. The van der Waals surface area contributed by atoms with Crippen molar-refractivity contribution in [3.8, 4) is 0 Å². The second-order valence-electron chi connectivity index (χ2n) is 14.6. The minimum absolute atomic E-state index is 0.00652. The number of Topliss-reactive ketones (excluding diaryl/α,β-unsaturated/α-hetero) is 1. The van der Waals surface area contributed by atoms with Crippen LogP contribution in [-0.2, 0) is 4.79 Å². The molecule has 0 aromatic carbocycles. The maximum Gasteiger partial charge on any atom is 0.146 e. The molecule has 3 nitrogen and oxygen atoms in total. The Morgan fingerprint density at radius 3 is 2.30 bits per heavy atom. The quantitative estimate of drug-likeness (QED) is 0.493. The highest BCUT2D eigenvalue weighted by atomic mass is 16.3. The lowest BCUT2D eigenvalue weighted by atomic mass is 9.35. The largest absolute Gasteiger partial charge is 0.395 e. The van der Waals surface area contributed by atoms with Gasteiger partial charge in [-0.2, -0.15) is 0 Å². The van der Waals surface area contributed by atoms with Crippen LogP contribution in [0.2, 0.25) is 0 Å². The molecule has 7 atom stereocenters. The summed E-state index contributed by atoms with van der Waals surface area (Å²) in [5.41, 5.74) is 2.00. The first kappa shape index (κ1) is 23.8. The molecule has 0 heterocycles. The Bertz CT molecular complexity index is 940. The smallest absolute Gasteiger partial charge is 0.146 e. The van der Waals surface area contributed by atoms with E-state index in [1.165, 1.54) is 11.1 Å². The molecule has 0 spiro atoms. The molecule has 0 unspecified atom stereocenters. The van der Waals surface area contributed by atoms with Crippen LogP contribution in [0.5, 0.6) is 0 Å². The predicted octanol–water partition coefficient (Wildman–Crippen LogP) is 6.24. The van der Waals surface area contributed by atoms with Gasteiger partial charge in [-0.25, -0.2) is 0 Å². The molecule has 0 aliphatic heterocycles. The molecule has 0 aromatic rings.